The van der Waals surface area contributed by atoms with Gasteiger partial charge in [-0.25, -0.2) is 8.42 Å². The Balaban J connectivity index is 1.43. The van der Waals surface area contributed by atoms with Gasteiger partial charge in [-0.05, 0) is 48.7 Å². The summed E-state index contributed by atoms with van der Waals surface area (Å²) < 4.78 is 25.5. The Hall–Kier alpha value is -3.07. The number of phenolic OH excluding ortho intramolecular Hbond substituents is 1. The number of carbonyl (C=O) groups is 1. The molecule has 0 saturated carbocycles. The summed E-state index contributed by atoms with van der Waals surface area (Å²) in [6.45, 7) is 0.737. The topological polar surface area (TPSA) is 121 Å². The quantitative estimate of drug-likeness (QED) is 0.362. The van der Waals surface area contributed by atoms with Crippen molar-refractivity contribution < 1.29 is 23.4 Å². The summed E-state index contributed by atoms with van der Waals surface area (Å²) >= 11 is 6.26. The molecule has 4 N–H and O–H groups in total. The van der Waals surface area contributed by atoms with E-state index in [0.717, 1.165) is 0 Å². The third kappa shape index (κ3) is 4.75. The first-order chi connectivity index (χ1) is 16.1. The molecule has 1 aliphatic rings. The molecule has 3 aromatic carbocycles. The number of benzene rings is 3. The van der Waals surface area contributed by atoms with Gasteiger partial charge in [0.15, 0.2) is 9.84 Å². The summed E-state index contributed by atoms with van der Waals surface area (Å²) in [6.07, 6.45) is 0.730. The van der Waals surface area contributed by atoms with Crippen LogP contribution in [0.2, 0.25) is 5.02 Å². The van der Waals surface area contributed by atoms with Crippen LogP contribution in [0.15, 0.2) is 71.6 Å². The van der Waals surface area contributed by atoms with Crippen LogP contribution >= 0.6 is 11.6 Å². The van der Waals surface area contributed by atoms with Crippen molar-refractivity contribution in [3.05, 3.63) is 88.4 Å². The van der Waals surface area contributed by atoms with Gasteiger partial charge in [-0.1, -0.05) is 48.0 Å². The molecule has 1 fully saturated rings. The molecule has 0 aromatic heterocycles. The molecular formula is C25H25ClN2O5S. The molecule has 0 unspecified atom stereocenters. The minimum atomic E-state index is -3.78. The van der Waals surface area contributed by atoms with Crippen molar-refractivity contribution in [1.29, 1.82) is 0 Å². The van der Waals surface area contributed by atoms with E-state index in [1.165, 1.54) is 18.2 Å². The summed E-state index contributed by atoms with van der Waals surface area (Å²) in [6, 6.07) is 17.6. The zero-order valence-corrected chi connectivity index (χ0v) is 19.9. The molecule has 0 radical (unpaired) electrons. The lowest BCUT2D eigenvalue weighted by Crippen LogP contribution is -2.45. The molecule has 0 aliphatic carbocycles. The van der Waals surface area contributed by atoms with Crippen molar-refractivity contribution in [3.63, 3.8) is 0 Å². The number of sulfone groups is 1. The number of para-hydroxylation sites is 1. The minimum absolute atomic E-state index is 0.132. The fourth-order valence-corrected chi connectivity index (χ4v) is 6.04. The molecule has 1 heterocycles. The Kier molecular flexibility index (Phi) is 6.58. The number of anilines is 1. The van der Waals surface area contributed by atoms with E-state index in [9.17, 15) is 23.4 Å². The lowest BCUT2D eigenvalue weighted by atomic mass is 9.84. The number of aliphatic hydroxyl groups is 1. The Morgan fingerprint density at radius 3 is 2.29 bits per heavy atom. The van der Waals surface area contributed by atoms with E-state index in [4.69, 9.17) is 17.3 Å². The van der Waals surface area contributed by atoms with Crippen LogP contribution in [0.5, 0.6) is 5.75 Å². The van der Waals surface area contributed by atoms with Gasteiger partial charge in [-0.3, -0.25) is 4.79 Å². The number of hydrogen-bond donors (Lipinski definition) is 3. The summed E-state index contributed by atoms with van der Waals surface area (Å²) in [4.78, 5) is 14.5. The van der Waals surface area contributed by atoms with Crippen LogP contribution in [0.1, 0.15) is 34.3 Å². The summed E-state index contributed by atoms with van der Waals surface area (Å²) in [5, 5.41) is 21.3. The highest BCUT2D eigenvalue weighted by Gasteiger charge is 2.37. The van der Waals surface area contributed by atoms with Gasteiger partial charge in [0.1, 0.15) is 5.75 Å². The smallest absolute Gasteiger partial charge is 0.253 e. The second-order valence-corrected chi connectivity index (χ2v) is 10.8. The van der Waals surface area contributed by atoms with Crippen molar-refractivity contribution >= 4 is 33.0 Å². The van der Waals surface area contributed by atoms with E-state index >= 15 is 0 Å². The normalized spacial score (nSPS) is 15.8. The van der Waals surface area contributed by atoms with Gasteiger partial charge in [-0.2, -0.15) is 0 Å². The summed E-state index contributed by atoms with van der Waals surface area (Å²) in [5.74, 6) is -0.790. The fourth-order valence-electron chi connectivity index (χ4n) is 4.21. The fraction of sp³-hybridized carbons (Fsp3) is 0.240. The van der Waals surface area contributed by atoms with Gasteiger partial charge >= 0.3 is 0 Å². The molecule has 1 saturated heterocycles. The van der Waals surface area contributed by atoms with E-state index in [1.54, 1.807) is 47.4 Å². The maximum atomic E-state index is 13.0. The molecule has 34 heavy (non-hydrogen) atoms. The molecule has 1 aliphatic heterocycles. The van der Waals surface area contributed by atoms with E-state index < -0.39 is 15.4 Å². The van der Waals surface area contributed by atoms with Gasteiger partial charge in [0.25, 0.3) is 5.91 Å². The first kappa shape index (κ1) is 24.1. The number of likely N-dealkylation sites (tertiary alicyclic amines) is 1. The van der Waals surface area contributed by atoms with Crippen LogP contribution in [-0.4, -0.2) is 42.5 Å². The van der Waals surface area contributed by atoms with E-state index in [1.807, 2.05) is 6.07 Å². The molecule has 0 bridgehead atoms. The van der Waals surface area contributed by atoms with E-state index in [2.05, 4.69) is 0 Å². The molecule has 4 rings (SSSR count). The zero-order valence-electron chi connectivity index (χ0n) is 18.3. The van der Waals surface area contributed by atoms with Gasteiger partial charge in [-0.15, -0.1) is 0 Å². The third-order valence-corrected chi connectivity index (χ3v) is 8.26. The highest BCUT2D eigenvalue weighted by Crippen LogP contribution is 2.37. The van der Waals surface area contributed by atoms with E-state index in [-0.39, 0.29) is 28.0 Å². The SMILES string of the molecule is Nc1c(O)cccc1S(=O)(=O)Cc1ccc(C(=O)N2CCC(O)(c3ccccc3Cl)CC2)cc1. The molecule has 7 nitrogen and oxygen atoms in total. The van der Waals surface area contributed by atoms with Gasteiger partial charge in [0, 0.05) is 29.2 Å². The number of nitrogen functional groups attached to an aromatic ring is 1. The Labute approximate surface area is 203 Å². The number of carbonyl (C=O) groups excluding carboxylic acids is 1. The standard InChI is InChI=1S/C25H25ClN2O5S/c26-20-5-2-1-4-19(20)25(31)12-14-28(15-13-25)24(30)18-10-8-17(9-11-18)16-34(32,33)22-7-3-6-21(29)23(22)27/h1-11,29,31H,12-16,27H2. The maximum absolute atomic E-state index is 13.0. The molecule has 0 atom stereocenters. The van der Waals surface area contributed by atoms with Crippen molar-refractivity contribution in [2.45, 2.75) is 29.1 Å². The number of halogens is 1. The average molecular weight is 501 g/mol. The average Bonchev–Trinajstić information content (AvgIpc) is 2.81. The molecule has 9 heteroatoms. The number of piperidine rings is 1. The monoisotopic (exact) mass is 500 g/mol. The van der Waals surface area contributed by atoms with Crippen molar-refractivity contribution in [2.24, 2.45) is 0 Å². The predicted molar refractivity (Wildman–Crippen MR) is 130 cm³/mol. The number of amides is 1. The Morgan fingerprint density at radius 1 is 1.00 bits per heavy atom. The highest BCUT2D eigenvalue weighted by molar-refractivity contribution is 7.90. The summed E-state index contributed by atoms with van der Waals surface area (Å²) in [7, 11) is -3.78. The van der Waals surface area contributed by atoms with Crippen LogP contribution < -0.4 is 5.73 Å². The molecule has 0 spiro atoms. The maximum Gasteiger partial charge on any atom is 0.253 e. The molecular weight excluding hydrogens is 476 g/mol. The lowest BCUT2D eigenvalue weighted by Gasteiger charge is -2.39. The second-order valence-electron chi connectivity index (χ2n) is 8.45. The van der Waals surface area contributed by atoms with Crippen molar-refractivity contribution in [1.82, 2.24) is 4.90 Å². The van der Waals surface area contributed by atoms with Crippen LogP contribution in [0, 0.1) is 0 Å². The predicted octanol–water partition coefficient (Wildman–Crippen LogP) is 3.73. The number of phenols is 1. The molecule has 178 valence electrons. The van der Waals surface area contributed by atoms with E-state index in [0.29, 0.717) is 47.6 Å². The number of rotatable bonds is 5. The minimum Gasteiger partial charge on any atom is -0.506 e. The largest absolute Gasteiger partial charge is 0.506 e. The first-order valence-corrected chi connectivity index (χ1v) is 12.8. The number of hydrogen-bond acceptors (Lipinski definition) is 6. The number of nitrogens with two attached hydrogens (primary N) is 1. The first-order valence-electron chi connectivity index (χ1n) is 10.8. The zero-order chi connectivity index (χ0) is 24.5. The molecule has 1 amide bonds. The van der Waals surface area contributed by atoms with Crippen molar-refractivity contribution in [2.75, 3.05) is 18.8 Å². The third-order valence-electron chi connectivity index (χ3n) is 6.19. The van der Waals surface area contributed by atoms with Crippen LogP contribution in [0.3, 0.4) is 0 Å². The van der Waals surface area contributed by atoms with Crippen LogP contribution in [0.4, 0.5) is 5.69 Å². The van der Waals surface area contributed by atoms with Crippen LogP contribution in [0.25, 0.3) is 0 Å². The highest BCUT2D eigenvalue weighted by atomic mass is 35.5. The van der Waals surface area contributed by atoms with Gasteiger partial charge in [0.05, 0.1) is 21.9 Å². The van der Waals surface area contributed by atoms with Gasteiger partial charge < -0.3 is 20.8 Å². The summed E-state index contributed by atoms with van der Waals surface area (Å²) in [5.41, 5.74) is 6.05. The van der Waals surface area contributed by atoms with Crippen LogP contribution in [-0.2, 0) is 21.2 Å². The Bertz CT molecular complexity index is 1320. The number of nitrogens with zero attached hydrogens (tertiary/aromatic N) is 1. The molecule has 3 aromatic rings. The lowest BCUT2D eigenvalue weighted by molar-refractivity contribution is -0.0210. The number of aromatic hydroxyl groups is 1. The van der Waals surface area contributed by atoms with Gasteiger partial charge in [0.2, 0.25) is 0 Å². The second kappa shape index (κ2) is 9.29. The Morgan fingerprint density at radius 2 is 1.65 bits per heavy atom. The van der Waals surface area contributed by atoms with Crippen molar-refractivity contribution in [3.8, 4) is 5.75 Å².